The van der Waals surface area contributed by atoms with Crippen molar-refractivity contribution in [2.75, 3.05) is 6.54 Å². The number of hydrogen-bond donors (Lipinski definition) is 1. The molecule has 1 saturated heterocycles. The molecule has 0 radical (unpaired) electrons. The lowest BCUT2D eigenvalue weighted by Crippen LogP contribution is -2.39. The van der Waals surface area contributed by atoms with Crippen molar-refractivity contribution in [2.45, 2.75) is 25.7 Å². The summed E-state index contributed by atoms with van der Waals surface area (Å²) in [5.41, 5.74) is 1.00. The number of carbonyl (C=O) groups is 2. The fourth-order valence-corrected chi connectivity index (χ4v) is 2.28. The second-order valence-electron chi connectivity index (χ2n) is 4.18. The van der Waals surface area contributed by atoms with E-state index in [1.54, 1.807) is 4.90 Å². The number of carboxylic acids is 1. The minimum absolute atomic E-state index is 0.0134. The minimum atomic E-state index is -0.859. The van der Waals surface area contributed by atoms with Gasteiger partial charge in [0.25, 0.3) is 0 Å². The molecule has 0 aromatic carbocycles. The molecule has 86 valence electrons. The van der Waals surface area contributed by atoms with Gasteiger partial charge < -0.3 is 10.0 Å². The van der Waals surface area contributed by atoms with Crippen LogP contribution in [-0.2, 0) is 9.59 Å². The Kier molecular flexibility index (Phi) is 3.08. The van der Waals surface area contributed by atoms with E-state index in [1.165, 1.54) is 0 Å². The molecule has 1 amide bonds. The van der Waals surface area contributed by atoms with Gasteiger partial charge in [0.05, 0.1) is 6.42 Å². The molecule has 0 saturated carbocycles. The summed E-state index contributed by atoms with van der Waals surface area (Å²) in [6.45, 7) is 0.296. The van der Waals surface area contributed by atoms with Crippen LogP contribution < -0.4 is 0 Å². The van der Waals surface area contributed by atoms with Crippen LogP contribution in [0.5, 0.6) is 0 Å². The molecule has 2 aliphatic rings. The number of amides is 1. The Morgan fingerprint density at radius 1 is 1.56 bits per heavy atom. The normalized spacial score (nSPS) is 24.0. The molecule has 0 aromatic heterocycles. The third-order valence-corrected chi connectivity index (χ3v) is 3.11. The maximum Gasteiger partial charge on any atom is 0.305 e. The summed E-state index contributed by atoms with van der Waals surface area (Å²) in [6.07, 6.45) is 8.38. The monoisotopic (exact) mass is 221 g/mol. The molecule has 1 aliphatic heterocycles. The van der Waals surface area contributed by atoms with Gasteiger partial charge in [0.1, 0.15) is 0 Å². The van der Waals surface area contributed by atoms with Crippen molar-refractivity contribution in [3.8, 4) is 0 Å². The first-order chi connectivity index (χ1) is 7.68. The van der Waals surface area contributed by atoms with Crippen molar-refractivity contribution in [2.24, 2.45) is 5.92 Å². The molecule has 1 N–H and O–H groups in total. The van der Waals surface area contributed by atoms with E-state index in [2.05, 4.69) is 6.08 Å². The smallest absolute Gasteiger partial charge is 0.305 e. The molecule has 2 rings (SSSR count). The molecule has 4 nitrogen and oxygen atoms in total. The molecular weight excluding hydrogens is 206 g/mol. The van der Waals surface area contributed by atoms with Crippen LogP contribution in [0, 0.1) is 5.92 Å². The van der Waals surface area contributed by atoms with Crippen molar-refractivity contribution in [1.29, 1.82) is 0 Å². The van der Waals surface area contributed by atoms with Crippen molar-refractivity contribution in [3.63, 3.8) is 0 Å². The summed E-state index contributed by atoms with van der Waals surface area (Å²) in [7, 11) is 0. The van der Waals surface area contributed by atoms with E-state index >= 15 is 0 Å². The quantitative estimate of drug-likeness (QED) is 0.786. The van der Waals surface area contributed by atoms with Gasteiger partial charge >= 0.3 is 5.97 Å². The number of piperidine rings is 1. The number of rotatable bonds is 3. The molecule has 0 spiro atoms. The Morgan fingerprint density at radius 2 is 2.38 bits per heavy atom. The third kappa shape index (κ3) is 2.15. The first-order valence-corrected chi connectivity index (χ1v) is 5.57. The SMILES string of the molecule is O=C(O)CCN1C(=O)CCC2CC=CC=C21. The van der Waals surface area contributed by atoms with Crippen LogP contribution in [0.4, 0.5) is 0 Å². The highest BCUT2D eigenvalue weighted by atomic mass is 16.4. The summed E-state index contributed by atoms with van der Waals surface area (Å²) in [5.74, 6) is -0.405. The average Bonchev–Trinajstić information content (AvgIpc) is 2.27. The highest BCUT2D eigenvalue weighted by molar-refractivity contribution is 5.80. The van der Waals surface area contributed by atoms with E-state index < -0.39 is 5.97 Å². The van der Waals surface area contributed by atoms with Gasteiger partial charge in [-0.25, -0.2) is 0 Å². The molecule has 4 heteroatoms. The highest BCUT2D eigenvalue weighted by Crippen LogP contribution is 2.33. The number of allylic oxidation sites excluding steroid dienone is 4. The summed E-state index contributed by atoms with van der Waals surface area (Å²) in [4.78, 5) is 23.9. The predicted octanol–water partition coefficient (Wildman–Crippen LogP) is 1.54. The van der Waals surface area contributed by atoms with Crippen LogP contribution >= 0.6 is 0 Å². The maximum atomic E-state index is 11.7. The van der Waals surface area contributed by atoms with Gasteiger partial charge in [-0.1, -0.05) is 12.2 Å². The number of likely N-dealkylation sites (tertiary alicyclic amines) is 1. The number of nitrogens with zero attached hydrogens (tertiary/aromatic N) is 1. The lowest BCUT2D eigenvalue weighted by atomic mass is 9.87. The van der Waals surface area contributed by atoms with E-state index in [4.69, 9.17) is 5.11 Å². The molecule has 1 aliphatic carbocycles. The molecular formula is C12H15NO3. The number of carbonyl (C=O) groups excluding carboxylic acids is 1. The Labute approximate surface area is 94.2 Å². The minimum Gasteiger partial charge on any atom is -0.481 e. The number of carboxylic acid groups (broad SMARTS) is 1. The van der Waals surface area contributed by atoms with Crippen LogP contribution in [0.25, 0.3) is 0 Å². The van der Waals surface area contributed by atoms with Crippen LogP contribution in [0.15, 0.2) is 23.9 Å². The molecule has 1 fully saturated rings. The summed E-state index contributed by atoms with van der Waals surface area (Å²) < 4.78 is 0. The number of hydrogen-bond acceptors (Lipinski definition) is 2. The maximum absolute atomic E-state index is 11.7. The van der Waals surface area contributed by atoms with Gasteiger partial charge in [0.15, 0.2) is 0 Å². The first kappa shape index (κ1) is 10.9. The van der Waals surface area contributed by atoms with Crippen molar-refractivity contribution in [3.05, 3.63) is 23.9 Å². The van der Waals surface area contributed by atoms with Gasteiger partial charge in [-0.2, -0.15) is 0 Å². The van der Waals surface area contributed by atoms with Crippen LogP contribution in [0.3, 0.4) is 0 Å². The Hall–Kier alpha value is -1.58. The topological polar surface area (TPSA) is 57.6 Å². The Balaban J connectivity index is 2.11. The standard InChI is InChI=1S/C12H15NO3/c14-11-6-5-9-3-1-2-4-10(9)13(11)8-7-12(15)16/h1-2,4,9H,3,5-8H2,(H,15,16). The zero-order chi connectivity index (χ0) is 11.5. The summed E-state index contributed by atoms with van der Waals surface area (Å²) in [5, 5.41) is 8.66. The van der Waals surface area contributed by atoms with Gasteiger partial charge in [-0.05, 0) is 18.9 Å². The second-order valence-corrected chi connectivity index (χ2v) is 4.18. The molecule has 1 heterocycles. The van der Waals surface area contributed by atoms with Gasteiger partial charge in [0, 0.05) is 24.6 Å². The van der Waals surface area contributed by atoms with Crippen molar-refractivity contribution >= 4 is 11.9 Å². The zero-order valence-electron chi connectivity index (χ0n) is 9.06. The zero-order valence-corrected chi connectivity index (χ0v) is 9.06. The van der Waals surface area contributed by atoms with E-state index in [-0.39, 0.29) is 12.3 Å². The average molecular weight is 221 g/mol. The third-order valence-electron chi connectivity index (χ3n) is 3.11. The molecule has 0 bridgehead atoms. The molecule has 1 unspecified atom stereocenters. The fourth-order valence-electron chi connectivity index (χ4n) is 2.28. The Morgan fingerprint density at radius 3 is 3.12 bits per heavy atom. The van der Waals surface area contributed by atoms with E-state index in [0.29, 0.717) is 18.9 Å². The van der Waals surface area contributed by atoms with E-state index in [9.17, 15) is 9.59 Å². The number of fused-ring (bicyclic) bond motifs is 1. The summed E-state index contributed by atoms with van der Waals surface area (Å²) >= 11 is 0. The summed E-state index contributed by atoms with van der Waals surface area (Å²) in [6, 6.07) is 0. The van der Waals surface area contributed by atoms with Crippen LogP contribution in [0.2, 0.25) is 0 Å². The van der Waals surface area contributed by atoms with Crippen LogP contribution in [-0.4, -0.2) is 28.4 Å². The fraction of sp³-hybridized carbons (Fsp3) is 0.500. The van der Waals surface area contributed by atoms with Gasteiger partial charge in [-0.15, -0.1) is 0 Å². The van der Waals surface area contributed by atoms with E-state index in [0.717, 1.165) is 18.5 Å². The molecule has 1 atom stereocenters. The number of aliphatic carboxylic acids is 1. The Bertz CT molecular complexity index is 370. The molecule has 16 heavy (non-hydrogen) atoms. The van der Waals surface area contributed by atoms with Crippen LogP contribution in [0.1, 0.15) is 25.7 Å². The van der Waals surface area contributed by atoms with Crippen molar-refractivity contribution < 1.29 is 14.7 Å². The largest absolute Gasteiger partial charge is 0.481 e. The molecule has 0 aromatic rings. The highest BCUT2D eigenvalue weighted by Gasteiger charge is 2.30. The lowest BCUT2D eigenvalue weighted by Gasteiger charge is -2.36. The van der Waals surface area contributed by atoms with Gasteiger partial charge in [-0.3, -0.25) is 9.59 Å². The van der Waals surface area contributed by atoms with Crippen molar-refractivity contribution in [1.82, 2.24) is 4.90 Å². The lowest BCUT2D eigenvalue weighted by molar-refractivity contribution is -0.138. The predicted molar refractivity (Wildman–Crippen MR) is 58.5 cm³/mol. The van der Waals surface area contributed by atoms with Gasteiger partial charge in [0.2, 0.25) is 5.91 Å². The first-order valence-electron chi connectivity index (χ1n) is 5.57. The second kappa shape index (κ2) is 4.51. The van der Waals surface area contributed by atoms with E-state index in [1.807, 2.05) is 12.2 Å².